The molecule has 2 aliphatic rings. The van der Waals surface area contributed by atoms with Gasteiger partial charge >= 0.3 is 0 Å². The molecule has 1 spiro atoms. The van der Waals surface area contributed by atoms with E-state index < -0.39 is 0 Å². The molecule has 1 amide bonds. The fraction of sp³-hybridized carbons (Fsp3) is 0.778. The van der Waals surface area contributed by atoms with Crippen molar-refractivity contribution in [2.24, 2.45) is 7.05 Å². The van der Waals surface area contributed by atoms with Crippen molar-refractivity contribution < 1.29 is 4.79 Å². The average Bonchev–Trinajstić information content (AvgIpc) is 2.92. The summed E-state index contributed by atoms with van der Waals surface area (Å²) in [4.78, 5) is 23.8. The number of likely N-dealkylation sites (N-methyl/N-ethyl adjacent to an activating group) is 1. The number of amides is 1. The molecule has 2 fully saturated rings. The minimum absolute atomic E-state index is 0.0438. The van der Waals surface area contributed by atoms with Crippen LogP contribution in [0.25, 0.3) is 0 Å². The Hall–Kier alpha value is -1.40. The molecule has 1 unspecified atom stereocenters. The summed E-state index contributed by atoms with van der Waals surface area (Å²) >= 11 is 0. The quantitative estimate of drug-likeness (QED) is 0.815. The molecule has 0 radical (unpaired) electrons. The Morgan fingerprint density at radius 1 is 1.29 bits per heavy atom. The van der Waals surface area contributed by atoms with Crippen LogP contribution in [0.1, 0.15) is 37.8 Å². The molecule has 24 heavy (non-hydrogen) atoms. The van der Waals surface area contributed by atoms with Crippen LogP contribution < -0.4 is 0 Å². The smallest absolute Gasteiger partial charge is 0.223 e. The SMILES string of the molecule is CN(C)CCN1C(=O)CCCC12CCCN(Cc1cncn1C)C2. The average molecular weight is 333 g/mol. The summed E-state index contributed by atoms with van der Waals surface area (Å²) in [6.45, 7) is 4.83. The first-order chi connectivity index (χ1) is 11.5. The van der Waals surface area contributed by atoms with Gasteiger partial charge < -0.3 is 14.4 Å². The number of hydrogen-bond donors (Lipinski definition) is 0. The largest absolute Gasteiger partial charge is 0.337 e. The molecule has 134 valence electrons. The minimum atomic E-state index is 0.0438. The standard InChI is InChI=1S/C18H31N5O/c1-20(2)10-11-23-17(24)6-4-7-18(23)8-5-9-22(14-18)13-16-12-19-15-21(16)3/h12,15H,4-11,13-14H2,1-3H3. The fourth-order valence-electron chi connectivity index (χ4n) is 4.30. The third-order valence-corrected chi connectivity index (χ3v) is 5.61. The summed E-state index contributed by atoms with van der Waals surface area (Å²) in [5.74, 6) is 0.352. The van der Waals surface area contributed by atoms with Gasteiger partial charge in [0.15, 0.2) is 0 Å². The van der Waals surface area contributed by atoms with Crippen molar-refractivity contribution in [3.05, 3.63) is 18.2 Å². The number of hydrogen-bond acceptors (Lipinski definition) is 4. The molecular weight excluding hydrogens is 302 g/mol. The van der Waals surface area contributed by atoms with Crippen molar-refractivity contribution in [2.45, 2.75) is 44.2 Å². The number of likely N-dealkylation sites (tertiary alicyclic amines) is 2. The Bertz CT molecular complexity index is 566. The molecular formula is C18H31N5O. The number of nitrogens with zero attached hydrogens (tertiary/aromatic N) is 5. The predicted octanol–water partition coefficient (Wildman–Crippen LogP) is 1.33. The summed E-state index contributed by atoms with van der Waals surface area (Å²) in [7, 11) is 6.21. The molecule has 0 bridgehead atoms. The van der Waals surface area contributed by atoms with Gasteiger partial charge in [0.1, 0.15) is 0 Å². The van der Waals surface area contributed by atoms with E-state index in [2.05, 4.69) is 45.4 Å². The van der Waals surface area contributed by atoms with Gasteiger partial charge in [0, 0.05) is 45.8 Å². The van der Waals surface area contributed by atoms with Crippen LogP contribution in [-0.2, 0) is 18.4 Å². The maximum absolute atomic E-state index is 12.6. The summed E-state index contributed by atoms with van der Waals surface area (Å²) in [5.41, 5.74) is 1.29. The molecule has 1 atom stereocenters. The van der Waals surface area contributed by atoms with Gasteiger partial charge in [-0.05, 0) is 46.3 Å². The first-order valence-corrected chi connectivity index (χ1v) is 9.13. The van der Waals surface area contributed by atoms with Gasteiger partial charge in [-0.2, -0.15) is 0 Å². The van der Waals surface area contributed by atoms with E-state index in [0.29, 0.717) is 5.91 Å². The van der Waals surface area contributed by atoms with E-state index in [1.54, 1.807) is 0 Å². The third-order valence-electron chi connectivity index (χ3n) is 5.61. The summed E-state index contributed by atoms with van der Waals surface area (Å²) in [6.07, 6.45) is 9.04. The number of rotatable bonds is 5. The van der Waals surface area contributed by atoms with Crippen molar-refractivity contribution in [3.8, 4) is 0 Å². The molecule has 0 N–H and O–H groups in total. The third kappa shape index (κ3) is 3.64. The first kappa shape index (κ1) is 17.4. The van der Waals surface area contributed by atoms with Crippen molar-refractivity contribution in [1.29, 1.82) is 0 Å². The van der Waals surface area contributed by atoms with Crippen LogP contribution in [0.5, 0.6) is 0 Å². The van der Waals surface area contributed by atoms with Gasteiger partial charge in [0.2, 0.25) is 5.91 Å². The molecule has 3 heterocycles. The molecule has 6 heteroatoms. The Labute approximate surface area is 145 Å². The van der Waals surface area contributed by atoms with Gasteiger partial charge in [0.25, 0.3) is 0 Å². The lowest BCUT2D eigenvalue weighted by Crippen LogP contribution is -2.63. The van der Waals surface area contributed by atoms with Gasteiger partial charge in [0.05, 0.1) is 17.6 Å². The van der Waals surface area contributed by atoms with Crippen LogP contribution >= 0.6 is 0 Å². The lowest BCUT2D eigenvalue weighted by molar-refractivity contribution is -0.146. The summed E-state index contributed by atoms with van der Waals surface area (Å²) in [5, 5.41) is 0. The summed E-state index contributed by atoms with van der Waals surface area (Å²) in [6, 6.07) is 0. The zero-order valence-corrected chi connectivity index (χ0v) is 15.4. The zero-order chi connectivity index (χ0) is 17.2. The highest BCUT2D eigenvalue weighted by molar-refractivity contribution is 5.78. The highest BCUT2D eigenvalue weighted by atomic mass is 16.2. The van der Waals surface area contributed by atoms with E-state index in [4.69, 9.17) is 0 Å². The maximum Gasteiger partial charge on any atom is 0.223 e. The highest BCUT2D eigenvalue weighted by Gasteiger charge is 2.44. The number of carbonyl (C=O) groups excluding carboxylic acids is 1. The van der Waals surface area contributed by atoms with Crippen molar-refractivity contribution in [3.63, 3.8) is 0 Å². The Kier molecular flexibility index (Phi) is 5.25. The van der Waals surface area contributed by atoms with E-state index >= 15 is 0 Å². The summed E-state index contributed by atoms with van der Waals surface area (Å²) < 4.78 is 2.09. The van der Waals surface area contributed by atoms with E-state index in [1.807, 2.05) is 12.5 Å². The minimum Gasteiger partial charge on any atom is -0.337 e. The topological polar surface area (TPSA) is 44.6 Å². The van der Waals surface area contributed by atoms with E-state index in [9.17, 15) is 4.79 Å². The van der Waals surface area contributed by atoms with Gasteiger partial charge in [-0.15, -0.1) is 0 Å². The second-order valence-corrected chi connectivity index (χ2v) is 7.74. The highest BCUT2D eigenvalue weighted by Crippen LogP contribution is 2.37. The lowest BCUT2D eigenvalue weighted by Gasteiger charge is -2.52. The number of aromatic nitrogens is 2. The number of carbonyl (C=O) groups is 1. The van der Waals surface area contributed by atoms with Crippen LogP contribution in [0.4, 0.5) is 0 Å². The molecule has 2 aliphatic heterocycles. The van der Waals surface area contributed by atoms with Crippen molar-refractivity contribution in [2.75, 3.05) is 40.3 Å². The molecule has 6 nitrogen and oxygen atoms in total. The Morgan fingerprint density at radius 3 is 2.79 bits per heavy atom. The second-order valence-electron chi connectivity index (χ2n) is 7.74. The van der Waals surface area contributed by atoms with Gasteiger partial charge in [-0.1, -0.05) is 0 Å². The van der Waals surface area contributed by atoms with Crippen LogP contribution in [-0.4, -0.2) is 76.0 Å². The van der Waals surface area contributed by atoms with Crippen LogP contribution in [0.2, 0.25) is 0 Å². The lowest BCUT2D eigenvalue weighted by atomic mass is 9.79. The van der Waals surface area contributed by atoms with Gasteiger partial charge in [-0.25, -0.2) is 4.98 Å². The second kappa shape index (κ2) is 7.23. The monoisotopic (exact) mass is 333 g/mol. The molecule has 0 aromatic carbocycles. The van der Waals surface area contributed by atoms with Crippen LogP contribution in [0, 0.1) is 0 Å². The van der Waals surface area contributed by atoms with Crippen LogP contribution in [0.3, 0.4) is 0 Å². The Morgan fingerprint density at radius 2 is 2.08 bits per heavy atom. The van der Waals surface area contributed by atoms with E-state index in [0.717, 1.165) is 58.4 Å². The van der Waals surface area contributed by atoms with Crippen molar-refractivity contribution >= 4 is 5.91 Å². The number of aryl methyl sites for hydroxylation is 1. The van der Waals surface area contributed by atoms with E-state index in [-0.39, 0.29) is 5.54 Å². The molecule has 0 aliphatic carbocycles. The van der Waals surface area contributed by atoms with Crippen LogP contribution in [0.15, 0.2) is 12.5 Å². The zero-order valence-electron chi connectivity index (χ0n) is 15.4. The number of imidazole rings is 1. The fourth-order valence-corrected chi connectivity index (χ4v) is 4.30. The predicted molar refractivity (Wildman–Crippen MR) is 94.6 cm³/mol. The molecule has 0 saturated carbocycles. The normalized spacial score (nSPS) is 25.8. The maximum atomic E-state index is 12.6. The number of piperidine rings is 2. The molecule has 2 saturated heterocycles. The molecule has 3 rings (SSSR count). The van der Waals surface area contributed by atoms with Crippen molar-refractivity contribution in [1.82, 2.24) is 24.3 Å². The molecule has 1 aromatic rings. The van der Waals surface area contributed by atoms with Gasteiger partial charge in [-0.3, -0.25) is 9.69 Å². The molecule has 1 aromatic heterocycles. The van der Waals surface area contributed by atoms with E-state index in [1.165, 1.54) is 12.1 Å². The Balaban J connectivity index is 1.73. The first-order valence-electron chi connectivity index (χ1n) is 9.13.